The van der Waals surface area contributed by atoms with Crippen molar-refractivity contribution in [1.29, 1.82) is 0 Å². The molecule has 0 saturated carbocycles. The molecule has 0 unspecified atom stereocenters. The molecule has 0 amide bonds. The Morgan fingerprint density at radius 2 is 2.36 bits per heavy atom. The molecule has 0 aliphatic heterocycles. The third-order valence-electron chi connectivity index (χ3n) is 1.72. The summed E-state index contributed by atoms with van der Waals surface area (Å²) in [4.78, 5) is 11.4. The van der Waals surface area contributed by atoms with E-state index in [1.54, 1.807) is 11.6 Å². The zero-order valence-corrected chi connectivity index (χ0v) is 10.0. The third kappa shape index (κ3) is 2.15. The second kappa shape index (κ2) is 4.59. The van der Waals surface area contributed by atoms with Crippen molar-refractivity contribution in [3.63, 3.8) is 0 Å². The van der Waals surface area contributed by atoms with Gasteiger partial charge in [-0.25, -0.2) is 4.79 Å². The number of ether oxygens (including phenoxy) is 1. The van der Waals surface area contributed by atoms with Crippen LogP contribution in [0.1, 0.15) is 37.2 Å². The van der Waals surface area contributed by atoms with Gasteiger partial charge in [0, 0.05) is 6.04 Å². The van der Waals surface area contributed by atoms with Crippen molar-refractivity contribution in [2.45, 2.75) is 26.8 Å². The number of carbonyl (C=O) groups excluding carboxylic acids is 1. The number of aromatic nitrogens is 2. The SMILES string of the molecule is CCOC(=O)c1cnn(C(C)C)c1Br. The fourth-order valence-corrected chi connectivity index (χ4v) is 1.82. The Balaban J connectivity index is 2.95. The van der Waals surface area contributed by atoms with Crippen LogP contribution in [0.5, 0.6) is 0 Å². The highest BCUT2D eigenvalue weighted by molar-refractivity contribution is 9.10. The van der Waals surface area contributed by atoms with Crippen molar-refractivity contribution < 1.29 is 9.53 Å². The molecule has 78 valence electrons. The normalized spacial score (nSPS) is 10.6. The van der Waals surface area contributed by atoms with Crippen molar-refractivity contribution in [2.75, 3.05) is 6.61 Å². The highest BCUT2D eigenvalue weighted by Gasteiger charge is 2.17. The second-order valence-corrected chi connectivity index (χ2v) is 3.86. The first-order valence-corrected chi connectivity index (χ1v) is 5.27. The van der Waals surface area contributed by atoms with E-state index in [9.17, 15) is 4.79 Å². The van der Waals surface area contributed by atoms with Crippen molar-refractivity contribution >= 4 is 21.9 Å². The van der Waals surface area contributed by atoms with Crippen molar-refractivity contribution in [2.24, 2.45) is 0 Å². The van der Waals surface area contributed by atoms with Crippen LogP contribution in [0.2, 0.25) is 0 Å². The molecule has 0 bridgehead atoms. The predicted molar refractivity (Wildman–Crippen MR) is 56.3 cm³/mol. The molecule has 14 heavy (non-hydrogen) atoms. The smallest absolute Gasteiger partial charge is 0.342 e. The number of halogens is 1. The van der Waals surface area contributed by atoms with E-state index in [2.05, 4.69) is 21.0 Å². The average molecular weight is 261 g/mol. The summed E-state index contributed by atoms with van der Waals surface area (Å²) in [6, 6.07) is 0.215. The summed E-state index contributed by atoms with van der Waals surface area (Å²) < 4.78 is 7.28. The minimum atomic E-state index is -0.341. The van der Waals surface area contributed by atoms with Gasteiger partial charge in [-0.2, -0.15) is 5.10 Å². The summed E-state index contributed by atoms with van der Waals surface area (Å²) in [7, 11) is 0. The van der Waals surface area contributed by atoms with Gasteiger partial charge in [-0.3, -0.25) is 4.68 Å². The lowest BCUT2D eigenvalue weighted by molar-refractivity contribution is 0.0525. The molecule has 0 atom stereocenters. The van der Waals surface area contributed by atoms with Crippen LogP contribution in [0.4, 0.5) is 0 Å². The van der Waals surface area contributed by atoms with Crippen LogP contribution >= 0.6 is 15.9 Å². The number of hydrogen-bond acceptors (Lipinski definition) is 3. The molecule has 1 aromatic rings. The first-order valence-electron chi connectivity index (χ1n) is 4.48. The summed E-state index contributed by atoms with van der Waals surface area (Å²) in [5.41, 5.74) is 0.473. The summed E-state index contributed by atoms with van der Waals surface area (Å²) in [6.07, 6.45) is 1.52. The number of carbonyl (C=O) groups is 1. The molecule has 0 radical (unpaired) electrons. The zero-order valence-electron chi connectivity index (χ0n) is 8.45. The molecule has 0 N–H and O–H groups in total. The van der Waals surface area contributed by atoms with Crippen molar-refractivity contribution in [3.8, 4) is 0 Å². The largest absolute Gasteiger partial charge is 0.462 e. The average Bonchev–Trinajstić information content (AvgIpc) is 2.47. The molecule has 5 heteroatoms. The Hall–Kier alpha value is -0.840. The van der Waals surface area contributed by atoms with E-state index in [1.807, 2.05) is 13.8 Å². The van der Waals surface area contributed by atoms with Crippen LogP contribution in [-0.4, -0.2) is 22.4 Å². The Labute approximate surface area is 91.4 Å². The van der Waals surface area contributed by atoms with E-state index in [0.29, 0.717) is 16.8 Å². The second-order valence-electron chi connectivity index (χ2n) is 3.11. The first kappa shape index (κ1) is 11.2. The molecule has 0 saturated heterocycles. The lowest BCUT2D eigenvalue weighted by atomic mass is 10.3. The monoisotopic (exact) mass is 260 g/mol. The Kier molecular flexibility index (Phi) is 3.69. The maximum absolute atomic E-state index is 11.4. The molecule has 0 aliphatic carbocycles. The minimum Gasteiger partial charge on any atom is -0.462 e. The van der Waals surface area contributed by atoms with E-state index in [4.69, 9.17) is 4.74 Å². The standard InChI is InChI=1S/C9H13BrN2O2/c1-4-14-9(13)7-5-11-12(6(2)3)8(7)10/h5-6H,4H2,1-3H3. The van der Waals surface area contributed by atoms with Crippen LogP contribution < -0.4 is 0 Å². The molecule has 0 aliphatic rings. The quantitative estimate of drug-likeness (QED) is 0.785. The van der Waals surface area contributed by atoms with E-state index in [0.717, 1.165) is 0 Å². The lowest BCUT2D eigenvalue weighted by Gasteiger charge is -2.06. The molecule has 4 nitrogen and oxygen atoms in total. The van der Waals surface area contributed by atoms with Gasteiger partial charge in [0.25, 0.3) is 0 Å². The minimum absolute atomic E-state index is 0.215. The Bertz CT molecular complexity index is 334. The lowest BCUT2D eigenvalue weighted by Crippen LogP contribution is -2.06. The Morgan fingerprint density at radius 3 is 2.79 bits per heavy atom. The fraction of sp³-hybridized carbons (Fsp3) is 0.556. The van der Waals surface area contributed by atoms with E-state index < -0.39 is 0 Å². The predicted octanol–water partition coefficient (Wildman–Crippen LogP) is 2.40. The number of hydrogen-bond donors (Lipinski definition) is 0. The molecule has 0 aromatic carbocycles. The van der Waals surface area contributed by atoms with Gasteiger partial charge in [0.05, 0.1) is 12.8 Å². The molecule has 1 aromatic heterocycles. The summed E-state index contributed by atoms with van der Waals surface area (Å²) in [5, 5.41) is 4.09. The third-order valence-corrected chi connectivity index (χ3v) is 2.51. The van der Waals surface area contributed by atoms with E-state index >= 15 is 0 Å². The van der Waals surface area contributed by atoms with Gasteiger partial charge >= 0.3 is 5.97 Å². The maximum Gasteiger partial charge on any atom is 0.342 e. The number of nitrogens with zero attached hydrogens (tertiary/aromatic N) is 2. The highest BCUT2D eigenvalue weighted by Crippen LogP contribution is 2.20. The van der Waals surface area contributed by atoms with Crippen LogP contribution in [0.3, 0.4) is 0 Å². The van der Waals surface area contributed by atoms with Crippen LogP contribution in [0.15, 0.2) is 10.8 Å². The molecule has 0 fully saturated rings. The topological polar surface area (TPSA) is 44.1 Å². The Morgan fingerprint density at radius 1 is 1.71 bits per heavy atom. The van der Waals surface area contributed by atoms with Gasteiger partial charge in [-0.15, -0.1) is 0 Å². The van der Waals surface area contributed by atoms with Gasteiger partial charge in [0.15, 0.2) is 0 Å². The summed E-state index contributed by atoms with van der Waals surface area (Å²) >= 11 is 3.32. The van der Waals surface area contributed by atoms with Crippen LogP contribution in [-0.2, 0) is 4.74 Å². The number of esters is 1. The van der Waals surface area contributed by atoms with Gasteiger partial charge in [-0.1, -0.05) is 0 Å². The molecular formula is C9H13BrN2O2. The van der Waals surface area contributed by atoms with Gasteiger partial charge < -0.3 is 4.74 Å². The molecule has 1 rings (SSSR count). The molecule has 0 spiro atoms. The van der Waals surface area contributed by atoms with E-state index in [1.165, 1.54) is 6.20 Å². The first-order chi connectivity index (χ1) is 6.57. The fourth-order valence-electron chi connectivity index (χ4n) is 1.05. The summed E-state index contributed by atoms with van der Waals surface area (Å²) in [6.45, 7) is 6.14. The highest BCUT2D eigenvalue weighted by atomic mass is 79.9. The maximum atomic E-state index is 11.4. The van der Waals surface area contributed by atoms with Crippen molar-refractivity contribution in [1.82, 2.24) is 9.78 Å². The summed E-state index contributed by atoms with van der Waals surface area (Å²) in [5.74, 6) is -0.341. The van der Waals surface area contributed by atoms with Gasteiger partial charge in [-0.05, 0) is 36.7 Å². The molecular weight excluding hydrogens is 248 g/mol. The number of rotatable bonds is 3. The van der Waals surface area contributed by atoms with Crippen LogP contribution in [0.25, 0.3) is 0 Å². The molecule has 1 heterocycles. The van der Waals surface area contributed by atoms with Crippen molar-refractivity contribution in [3.05, 3.63) is 16.4 Å². The van der Waals surface area contributed by atoms with Gasteiger partial charge in [0.2, 0.25) is 0 Å². The van der Waals surface area contributed by atoms with Gasteiger partial charge in [0.1, 0.15) is 10.2 Å². The van der Waals surface area contributed by atoms with Crippen LogP contribution in [0, 0.1) is 0 Å². The van der Waals surface area contributed by atoms with E-state index in [-0.39, 0.29) is 12.0 Å². The zero-order chi connectivity index (χ0) is 10.7.